The summed E-state index contributed by atoms with van der Waals surface area (Å²) in [6.45, 7) is 0. The van der Waals surface area contributed by atoms with E-state index in [1.807, 2.05) is 0 Å². The number of carbonyl (C=O) groups excluding carboxylic acids is 2. The van der Waals surface area contributed by atoms with E-state index in [0.29, 0.717) is 5.56 Å². The van der Waals surface area contributed by atoms with Gasteiger partial charge in [-0.1, -0.05) is 11.8 Å². The van der Waals surface area contributed by atoms with Gasteiger partial charge in [-0.2, -0.15) is 0 Å². The number of anilines is 1. The van der Waals surface area contributed by atoms with Gasteiger partial charge in [-0.15, -0.1) is 0 Å². The molecule has 0 aliphatic rings. The maximum Gasteiger partial charge on any atom is 0.339 e. The molecule has 1 rings (SSSR count). The molecular weight excluding hydrogens is 236 g/mol. The number of pyridine rings is 1. The second-order valence-corrected chi connectivity index (χ2v) is 3.20. The van der Waals surface area contributed by atoms with E-state index in [1.165, 1.54) is 26.5 Å². The number of esters is 2. The van der Waals surface area contributed by atoms with Gasteiger partial charge < -0.3 is 15.2 Å². The zero-order valence-electron chi connectivity index (χ0n) is 10.0. The lowest BCUT2D eigenvalue weighted by atomic mass is 10.2. The summed E-state index contributed by atoms with van der Waals surface area (Å²) < 4.78 is 8.98. The molecule has 0 saturated heterocycles. The average Bonchev–Trinajstić information content (AvgIpc) is 2.39. The van der Waals surface area contributed by atoms with E-state index in [4.69, 9.17) is 5.73 Å². The number of rotatable bonds is 2. The smallest absolute Gasteiger partial charge is 0.339 e. The van der Waals surface area contributed by atoms with Crippen LogP contribution in [0.15, 0.2) is 12.3 Å². The van der Waals surface area contributed by atoms with Crippen LogP contribution in [0, 0.1) is 11.8 Å². The van der Waals surface area contributed by atoms with Crippen molar-refractivity contribution in [3.8, 4) is 11.8 Å². The monoisotopic (exact) mass is 248 g/mol. The predicted molar refractivity (Wildman–Crippen MR) is 63.5 cm³/mol. The molecular formula is C12H12N2O4. The van der Waals surface area contributed by atoms with Crippen LogP contribution in [-0.2, 0) is 14.3 Å². The summed E-state index contributed by atoms with van der Waals surface area (Å²) in [5.74, 6) is 4.44. The third kappa shape index (κ3) is 3.49. The summed E-state index contributed by atoms with van der Waals surface area (Å²) in [5.41, 5.74) is 6.21. The molecule has 0 aliphatic heterocycles. The molecule has 18 heavy (non-hydrogen) atoms. The number of ether oxygens (including phenoxy) is 2. The quantitative estimate of drug-likeness (QED) is 0.600. The Kier molecular flexibility index (Phi) is 4.69. The Morgan fingerprint density at radius 3 is 2.72 bits per heavy atom. The molecule has 1 heterocycles. The first-order valence-electron chi connectivity index (χ1n) is 4.98. The Morgan fingerprint density at radius 2 is 2.11 bits per heavy atom. The van der Waals surface area contributed by atoms with Crippen LogP contribution >= 0.6 is 0 Å². The van der Waals surface area contributed by atoms with Crippen molar-refractivity contribution < 1.29 is 19.1 Å². The minimum absolute atomic E-state index is 0.0572. The van der Waals surface area contributed by atoms with Crippen molar-refractivity contribution in [3.05, 3.63) is 23.4 Å². The number of nitrogens with zero attached hydrogens (tertiary/aromatic N) is 1. The molecule has 6 heteroatoms. The van der Waals surface area contributed by atoms with E-state index in [9.17, 15) is 9.59 Å². The van der Waals surface area contributed by atoms with Gasteiger partial charge in [-0.25, -0.2) is 9.78 Å². The SMILES string of the molecule is COC(=O)CC#Cc1cc(C(=O)OC)cnc1N. The van der Waals surface area contributed by atoms with Gasteiger partial charge in [-0.3, -0.25) is 4.79 Å². The topological polar surface area (TPSA) is 91.5 Å². The fraction of sp³-hybridized carbons (Fsp3) is 0.250. The number of hydrogen-bond donors (Lipinski definition) is 1. The van der Waals surface area contributed by atoms with Gasteiger partial charge in [0, 0.05) is 6.20 Å². The highest BCUT2D eigenvalue weighted by molar-refractivity contribution is 5.89. The molecule has 0 amide bonds. The molecule has 0 fully saturated rings. The lowest BCUT2D eigenvalue weighted by Crippen LogP contribution is -2.04. The fourth-order valence-electron chi connectivity index (χ4n) is 1.09. The van der Waals surface area contributed by atoms with Gasteiger partial charge in [0.15, 0.2) is 0 Å². The Morgan fingerprint density at radius 1 is 1.39 bits per heavy atom. The number of hydrogen-bond acceptors (Lipinski definition) is 6. The summed E-state index contributed by atoms with van der Waals surface area (Å²) in [7, 11) is 2.54. The summed E-state index contributed by atoms with van der Waals surface area (Å²) in [4.78, 5) is 26.0. The number of methoxy groups -OCH3 is 2. The number of nitrogen functional groups attached to an aromatic ring is 1. The zero-order valence-corrected chi connectivity index (χ0v) is 10.0. The van der Waals surface area contributed by atoms with Gasteiger partial charge in [0.25, 0.3) is 0 Å². The molecule has 94 valence electrons. The van der Waals surface area contributed by atoms with E-state index < -0.39 is 11.9 Å². The highest BCUT2D eigenvalue weighted by atomic mass is 16.5. The molecule has 0 spiro atoms. The largest absolute Gasteiger partial charge is 0.468 e. The van der Waals surface area contributed by atoms with Crippen molar-refractivity contribution in [2.45, 2.75) is 6.42 Å². The van der Waals surface area contributed by atoms with E-state index in [2.05, 4.69) is 26.3 Å². The van der Waals surface area contributed by atoms with Gasteiger partial charge in [0.1, 0.15) is 12.2 Å². The van der Waals surface area contributed by atoms with Gasteiger partial charge in [0.05, 0.1) is 25.3 Å². The average molecular weight is 248 g/mol. The molecule has 0 aromatic carbocycles. The van der Waals surface area contributed by atoms with Crippen LogP contribution in [0.2, 0.25) is 0 Å². The van der Waals surface area contributed by atoms with Crippen LogP contribution in [0.25, 0.3) is 0 Å². The second kappa shape index (κ2) is 6.25. The summed E-state index contributed by atoms with van der Waals surface area (Å²) in [5, 5.41) is 0. The predicted octanol–water partition coefficient (Wildman–Crippen LogP) is 0.365. The lowest BCUT2D eigenvalue weighted by molar-refractivity contribution is -0.139. The molecule has 6 nitrogen and oxygen atoms in total. The van der Waals surface area contributed by atoms with Crippen molar-refractivity contribution in [3.63, 3.8) is 0 Å². The van der Waals surface area contributed by atoms with Crippen LogP contribution in [0.4, 0.5) is 5.82 Å². The number of aromatic nitrogens is 1. The minimum atomic E-state index is -0.529. The second-order valence-electron chi connectivity index (χ2n) is 3.20. The van der Waals surface area contributed by atoms with Crippen molar-refractivity contribution in [2.24, 2.45) is 0 Å². The van der Waals surface area contributed by atoms with E-state index in [-0.39, 0.29) is 17.8 Å². The third-order valence-corrected chi connectivity index (χ3v) is 2.02. The summed E-state index contributed by atoms with van der Waals surface area (Å²) in [6, 6.07) is 1.46. The van der Waals surface area contributed by atoms with Crippen molar-refractivity contribution in [1.82, 2.24) is 4.98 Å². The van der Waals surface area contributed by atoms with Crippen LogP contribution < -0.4 is 5.73 Å². The molecule has 1 aromatic heterocycles. The Balaban J connectivity index is 2.94. The summed E-state index contributed by atoms with van der Waals surface area (Å²) >= 11 is 0. The Labute approximate surface area is 104 Å². The minimum Gasteiger partial charge on any atom is -0.468 e. The fourth-order valence-corrected chi connectivity index (χ4v) is 1.09. The molecule has 0 atom stereocenters. The first kappa shape index (κ1) is 13.5. The van der Waals surface area contributed by atoms with E-state index in [1.54, 1.807) is 0 Å². The number of nitrogens with two attached hydrogens (primary N) is 1. The maximum absolute atomic E-state index is 11.3. The third-order valence-electron chi connectivity index (χ3n) is 2.02. The first-order chi connectivity index (χ1) is 8.58. The van der Waals surface area contributed by atoms with Crippen molar-refractivity contribution in [1.29, 1.82) is 0 Å². The lowest BCUT2D eigenvalue weighted by Gasteiger charge is -2.01. The highest BCUT2D eigenvalue weighted by Crippen LogP contribution is 2.10. The molecule has 0 radical (unpaired) electrons. The van der Waals surface area contributed by atoms with Crippen LogP contribution in [0.1, 0.15) is 22.3 Å². The van der Waals surface area contributed by atoms with E-state index in [0.717, 1.165) is 0 Å². The molecule has 0 saturated carbocycles. The van der Waals surface area contributed by atoms with Crippen LogP contribution in [-0.4, -0.2) is 31.1 Å². The van der Waals surface area contributed by atoms with Gasteiger partial charge in [0.2, 0.25) is 0 Å². The van der Waals surface area contributed by atoms with Crippen molar-refractivity contribution in [2.75, 3.05) is 20.0 Å². The Hall–Kier alpha value is -2.55. The standard InChI is InChI=1S/C12H12N2O4/c1-17-10(15)5-3-4-8-6-9(12(16)18-2)7-14-11(8)13/h6-7H,5H2,1-2H3,(H2,13,14). The molecule has 0 unspecified atom stereocenters. The van der Waals surface area contributed by atoms with Crippen LogP contribution in [0.5, 0.6) is 0 Å². The van der Waals surface area contributed by atoms with E-state index >= 15 is 0 Å². The number of carbonyl (C=O) groups is 2. The summed E-state index contributed by atoms with van der Waals surface area (Å²) in [6.07, 6.45) is 1.24. The highest BCUT2D eigenvalue weighted by Gasteiger charge is 2.08. The normalized spacial score (nSPS) is 9.00. The molecule has 2 N–H and O–H groups in total. The maximum atomic E-state index is 11.3. The molecule has 0 aliphatic carbocycles. The van der Waals surface area contributed by atoms with Crippen molar-refractivity contribution >= 4 is 17.8 Å². The Bertz CT molecular complexity index is 529. The zero-order chi connectivity index (χ0) is 13.5. The molecule has 1 aromatic rings. The van der Waals surface area contributed by atoms with Crippen LogP contribution in [0.3, 0.4) is 0 Å². The molecule has 0 bridgehead atoms. The first-order valence-corrected chi connectivity index (χ1v) is 4.98. The van der Waals surface area contributed by atoms with Gasteiger partial charge in [-0.05, 0) is 6.07 Å². The van der Waals surface area contributed by atoms with Gasteiger partial charge >= 0.3 is 11.9 Å².